The van der Waals surface area contributed by atoms with E-state index < -0.39 is 0 Å². The summed E-state index contributed by atoms with van der Waals surface area (Å²) in [5.74, 6) is 0.783. The van der Waals surface area contributed by atoms with Crippen LogP contribution in [-0.2, 0) is 11.2 Å². The zero-order valence-corrected chi connectivity index (χ0v) is 9.56. The molecule has 1 heterocycles. The first-order valence-corrected chi connectivity index (χ1v) is 5.85. The summed E-state index contributed by atoms with van der Waals surface area (Å²) in [6.45, 7) is 5.11. The molecule has 0 aromatic carbocycles. The molecule has 0 unspecified atom stereocenters. The topological polar surface area (TPSA) is 29.1 Å². The van der Waals surface area contributed by atoms with E-state index in [0.717, 1.165) is 17.8 Å². The molecule has 1 amide bonds. The number of hydrogen-bond acceptors (Lipinski definition) is 2. The predicted octanol–water partition coefficient (Wildman–Crippen LogP) is 2.45. The number of carbonyl (C=O) groups is 1. The van der Waals surface area contributed by atoms with Crippen LogP contribution < -0.4 is 5.32 Å². The molecule has 3 heteroatoms. The minimum atomic E-state index is 0.133. The number of nitrogens with one attached hydrogen (secondary N) is 1. The Morgan fingerprint density at radius 1 is 1.57 bits per heavy atom. The van der Waals surface area contributed by atoms with Gasteiger partial charge in [-0.25, -0.2) is 0 Å². The molecule has 0 bridgehead atoms. The fourth-order valence-electron chi connectivity index (χ4n) is 1.13. The number of thiophene rings is 1. The van der Waals surface area contributed by atoms with E-state index in [1.807, 2.05) is 17.5 Å². The second kappa shape index (κ2) is 5.81. The van der Waals surface area contributed by atoms with Crippen molar-refractivity contribution < 1.29 is 4.79 Å². The number of amides is 1. The van der Waals surface area contributed by atoms with Gasteiger partial charge in [-0.15, -0.1) is 11.3 Å². The Morgan fingerprint density at radius 3 is 2.93 bits per heavy atom. The molecule has 1 N–H and O–H groups in total. The molecule has 0 aliphatic carbocycles. The van der Waals surface area contributed by atoms with Crippen LogP contribution in [0.2, 0.25) is 0 Å². The summed E-state index contributed by atoms with van der Waals surface area (Å²) in [6.07, 6.45) is 1.58. The summed E-state index contributed by atoms with van der Waals surface area (Å²) in [5, 5.41) is 4.92. The van der Waals surface area contributed by atoms with Gasteiger partial charge < -0.3 is 5.32 Å². The second-order valence-corrected chi connectivity index (χ2v) is 4.82. The first-order chi connectivity index (χ1) is 6.68. The summed E-state index contributed by atoms with van der Waals surface area (Å²) >= 11 is 1.63. The molecule has 1 aromatic heterocycles. The highest BCUT2D eigenvalue weighted by molar-refractivity contribution is 7.10. The van der Waals surface area contributed by atoms with Gasteiger partial charge in [0.1, 0.15) is 0 Å². The minimum Gasteiger partial charge on any atom is -0.356 e. The highest BCUT2D eigenvalue weighted by Crippen LogP contribution is 2.08. The molecular formula is C11H17NOS. The standard InChI is InChI=1S/C11H17NOS/c1-9(2)5-6-12-11(13)8-10-4-3-7-14-10/h3-4,7,9H,5-6,8H2,1-2H3,(H,12,13). The van der Waals surface area contributed by atoms with Gasteiger partial charge in [0.2, 0.25) is 5.91 Å². The minimum absolute atomic E-state index is 0.133. The summed E-state index contributed by atoms with van der Waals surface area (Å²) < 4.78 is 0. The maximum atomic E-state index is 11.4. The average Bonchev–Trinajstić information content (AvgIpc) is 2.56. The zero-order chi connectivity index (χ0) is 10.4. The van der Waals surface area contributed by atoms with E-state index in [-0.39, 0.29) is 5.91 Å². The van der Waals surface area contributed by atoms with Crippen molar-refractivity contribution in [2.24, 2.45) is 5.92 Å². The van der Waals surface area contributed by atoms with Crippen LogP contribution in [0.15, 0.2) is 17.5 Å². The third-order valence-electron chi connectivity index (χ3n) is 1.96. The monoisotopic (exact) mass is 211 g/mol. The van der Waals surface area contributed by atoms with Crippen molar-refractivity contribution in [3.05, 3.63) is 22.4 Å². The van der Waals surface area contributed by atoms with Crippen LogP contribution in [-0.4, -0.2) is 12.5 Å². The lowest BCUT2D eigenvalue weighted by Crippen LogP contribution is -2.26. The van der Waals surface area contributed by atoms with Crippen molar-refractivity contribution in [2.75, 3.05) is 6.54 Å². The van der Waals surface area contributed by atoms with Crippen LogP contribution in [0.4, 0.5) is 0 Å². The van der Waals surface area contributed by atoms with Crippen molar-refractivity contribution in [1.82, 2.24) is 5.32 Å². The Kier molecular flexibility index (Phi) is 4.66. The molecule has 0 aliphatic heterocycles. The van der Waals surface area contributed by atoms with Gasteiger partial charge in [-0.1, -0.05) is 19.9 Å². The molecule has 0 fully saturated rings. The van der Waals surface area contributed by atoms with Gasteiger partial charge in [-0.05, 0) is 23.8 Å². The van der Waals surface area contributed by atoms with Gasteiger partial charge in [0, 0.05) is 11.4 Å². The van der Waals surface area contributed by atoms with E-state index in [9.17, 15) is 4.79 Å². The Balaban J connectivity index is 2.17. The van der Waals surface area contributed by atoms with Crippen molar-refractivity contribution >= 4 is 17.2 Å². The highest BCUT2D eigenvalue weighted by Gasteiger charge is 2.03. The van der Waals surface area contributed by atoms with Crippen LogP contribution in [0, 0.1) is 5.92 Å². The number of rotatable bonds is 5. The normalized spacial score (nSPS) is 10.5. The molecular weight excluding hydrogens is 194 g/mol. The third-order valence-corrected chi connectivity index (χ3v) is 2.84. The highest BCUT2D eigenvalue weighted by atomic mass is 32.1. The maximum Gasteiger partial charge on any atom is 0.225 e. The van der Waals surface area contributed by atoms with Crippen LogP contribution in [0.5, 0.6) is 0 Å². The number of hydrogen-bond donors (Lipinski definition) is 1. The number of carbonyl (C=O) groups excluding carboxylic acids is 1. The molecule has 0 radical (unpaired) electrons. The van der Waals surface area contributed by atoms with E-state index in [4.69, 9.17) is 0 Å². The lowest BCUT2D eigenvalue weighted by Gasteiger charge is -2.06. The summed E-state index contributed by atoms with van der Waals surface area (Å²) in [5.41, 5.74) is 0. The van der Waals surface area contributed by atoms with Gasteiger partial charge in [-0.3, -0.25) is 4.79 Å². The van der Waals surface area contributed by atoms with Crippen molar-refractivity contribution in [3.63, 3.8) is 0 Å². The molecule has 78 valence electrons. The van der Waals surface area contributed by atoms with E-state index in [0.29, 0.717) is 12.3 Å². The van der Waals surface area contributed by atoms with Crippen LogP contribution in [0.3, 0.4) is 0 Å². The van der Waals surface area contributed by atoms with Gasteiger partial charge in [-0.2, -0.15) is 0 Å². The average molecular weight is 211 g/mol. The Morgan fingerprint density at radius 2 is 2.36 bits per heavy atom. The van der Waals surface area contributed by atoms with Gasteiger partial charge in [0.05, 0.1) is 6.42 Å². The molecule has 14 heavy (non-hydrogen) atoms. The molecule has 2 nitrogen and oxygen atoms in total. The molecule has 1 aromatic rings. The summed E-state index contributed by atoms with van der Waals surface area (Å²) in [4.78, 5) is 12.5. The van der Waals surface area contributed by atoms with Gasteiger partial charge in [0.25, 0.3) is 0 Å². The molecule has 0 aliphatic rings. The lowest BCUT2D eigenvalue weighted by atomic mass is 10.1. The van der Waals surface area contributed by atoms with E-state index in [1.54, 1.807) is 11.3 Å². The van der Waals surface area contributed by atoms with Gasteiger partial charge in [0.15, 0.2) is 0 Å². The van der Waals surface area contributed by atoms with E-state index >= 15 is 0 Å². The van der Waals surface area contributed by atoms with Crippen LogP contribution >= 0.6 is 11.3 Å². The largest absolute Gasteiger partial charge is 0.356 e. The van der Waals surface area contributed by atoms with E-state index in [2.05, 4.69) is 19.2 Å². The smallest absolute Gasteiger partial charge is 0.225 e. The quantitative estimate of drug-likeness (QED) is 0.796. The first kappa shape index (κ1) is 11.2. The SMILES string of the molecule is CC(C)CCNC(=O)Cc1cccs1. The Hall–Kier alpha value is -0.830. The molecule has 0 spiro atoms. The second-order valence-electron chi connectivity index (χ2n) is 3.79. The Labute approximate surface area is 89.3 Å². The molecule has 0 atom stereocenters. The molecule has 0 saturated heterocycles. The van der Waals surface area contributed by atoms with Crippen molar-refractivity contribution in [1.29, 1.82) is 0 Å². The summed E-state index contributed by atoms with van der Waals surface area (Å²) in [7, 11) is 0. The van der Waals surface area contributed by atoms with Crippen molar-refractivity contribution in [2.45, 2.75) is 26.7 Å². The lowest BCUT2D eigenvalue weighted by molar-refractivity contribution is -0.120. The predicted molar refractivity (Wildman–Crippen MR) is 60.5 cm³/mol. The Bertz CT molecular complexity index is 267. The molecule has 0 saturated carbocycles. The molecule has 1 rings (SSSR count). The van der Waals surface area contributed by atoms with Crippen molar-refractivity contribution in [3.8, 4) is 0 Å². The fourth-order valence-corrected chi connectivity index (χ4v) is 1.84. The fraction of sp³-hybridized carbons (Fsp3) is 0.545. The van der Waals surface area contributed by atoms with Crippen LogP contribution in [0.1, 0.15) is 25.1 Å². The summed E-state index contributed by atoms with van der Waals surface area (Å²) in [6, 6.07) is 3.97. The maximum absolute atomic E-state index is 11.4. The third kappa shape index (κ3) is 4.42. The van der Waals surface area contributed by atoms with Gasteiger partial charge >= 0.3 is 0 Å². The van der Waals surface area contributed by atoms with E-state index in [1.165, 1.54) is 0 Å². The van der Waals surface area contributed by atoms with Crippen LogP contribution in [0.25, 0.3) is 0 Å². The first-order valence-electron chi connectivity index (χ1n) is 4.97. The zero-order valence-electron chi connectivity index (χ0n) is 8.75.